The minimum absolute atomic E-state index is 0.0594. The number of benzene rings is 2. The van der Waals surface area contributed by atoms with Gasteiger partial charge in [0, 0.05) is 6.42 Å². The molecule has 0 aliphatic rings. The standard InChI is InChI=1S/C44H74O12Si/c1-5-6-7-8-15-20-43(45)55-39-37-53-35-33-51-31-29-49-27-25-47-23-21-46-22-24-48-26-28-50-30-32-52-34-36-54-38-40-56-57(44(2,3)4,41-16-11-9-12-17-41)42-18-13-10-14-19-42/h9-14,16-19H,5-8,15,20-40H2,1-4H3. The average Bonchev–Trinajstić information content (AvgIpc) is 3.21. The van der Waals surface area contributed by atoms with E-state index < -0.39 is 8.32 Å². The van der Waals surface area contributed by atoms with Crippen LogP contribution in [0.4, 0.5) is 0 Å². The second-order valence-electron chi connectivity index (χ2n) is 14.4. The molecule has 2 aromatic rings. The van der Waals surface area contributed by atoms with Crippen molar-refractivity contribution in [3.05, 3.63) is 60.7 Å². The molecule has 0 spiro atoms. The third-order valence-corrected chi connectivity index (χ3v) is 14.0. The third kappa shape index (κ3) is 24.4. The Morgan fingerprint density at radius 3 is 1.09 bits per heavy atom. The Labute approximate surface area is 344 Å². The number of rotatable bonds is 39. The summed E-state index contributed by atoms with van der Waals surface area (Å²) in [7, 11) is -2.54. The predicted octanol–water partition coefficient (Wildman–Crippen LogP) is 5.62. The lowest BCUT2D eigenvalue weighted by Gasteiger charge is -2.43. The fourth-order valence-corrected chi connectivity index (χ4v) is 10.6. The highest BCUT2D eigenvalue weighted by Gasteiger charge is 2.50. The van der Waals surface area contributed by atoms with E-state index in [1.165, 1.54) is 29.6 Å². The topological polar surface area (TPSA) is 119 Å². The quantitative estimate of drug-likeness (QED) is 0.0474. The molecule has 12 nitrogen and oxygen atoms in total. The number of carbonyl (C=O) groups excluding carboxylic acids is 1. The lowest BCUT2D eigenvalue weighted by Crippen LogP contribution is -2.66. The van der Waals surface area contributed by atoms with Gasteiger partial charge in [-0.2, -0.15) is 0 Å². The van der Waals surface area contributed by atoms with Crippen LogP contribution in [-0.4, -0.2) is 146 Å². The molecule has 13 heteroatoms. The van der Waals surface area contributed by atoms with Crippen molar-refractivity contribution in [2.45, 2.75) is 71.3 Å². The molecule has 0 atom stereocenters. The van der Waals surface area contributed by atoms with E-state index in [9.17, 15) is 4.79 Å². The number of hydrogen-bond donors (Lipinski definition) is 0. The lowest BCUT2D eigenvalue weighted by molar-refractivity contribution is -0.145. The normalized spacial score (nSPS) is 12.0. The van der Waals surface area contributed by atoms with Gasteiger partial charge < -0.3 is 51.8 Å². The summed E-state index contributed by atoms with van der Waals surface area (Å²) in [5.41, 5.74) is 0. The van der Waals surface area contributed by atoms with Crippen molar-refractivity contribution in [1.82, 2.24) is 0 Å². The van der Waals surface area contributed by atoms with Gasteiger partial charge in [-0.3, -0.25) is 4.79 Å². The van der Waals surface area contributed by atoms with Gasteiger partial charge in [-0.05, 0) is 21.8 Å². The smallest absolute Gasteiger partial charge is 0.305 e. The average molecular weight is 823 g/mol. The molecule has 326 valence electrons. The Morgan fingerprint density at radius 2 is 0.754 bits per heavy atom. The van der Waals surface area contributed by atoms with Gasteiger partial charge in [-0.15, -0.1) is 0 Å². The Hall–Kier alpha value is -2.27. The highest BCUT2D eigenvalue weighted by molar-refractivity contribution is 6.99. The van der Waals surface area contributed by atoms with E-state index in [0.717, 1.165) is 12.8 Å². The molecular formula is C44H74O12Si. The molecule has 0 heterocycles. The second kappa shape index (κ2) is 34.6. The number of carbonyl (C=O) groups is 1. The van der Waals surface area contributed by atoms with Gasteiger partial charge in [0.2, 0.25) is 0 Å². The minimum atomic E-state index is -2.54. The van der Waals surface area contributed by atoms with Gasteiger partial charge in [0.1, 0.15) is 6.61 Å². The minimum Gasteiger partial charge on any atom is -0.463 e. The highest BCUT2D eigenvalue weighted by Crippen LogP contribution is 2.36. The van der Waals surface area contributed by atoms with E-state index in [2.05, 4.69) is 88.4 Å². The number of esters is 1. The molecule has 0 aliphatic carbocycles. The highest BCUT2D eigenvalue weighted by atomic mass is 28.4. The zero-order valence-corrected chi connectivity index (χ0v) is 36.6. The molecule has 0 radical (unpaired) electrons. The van der Waals surface area contributed by atoms with E-state index in [4.69, 9.17) is 51.8 Å². The molecule has 0 saturated carbocycles. The van der Waals surface area contributed by atoms with Gasteiger partial charge in [0.15, 0.2) is 0 Å². The zero-order chi connectivity index (χ0) is 41.0. The summed E-state index contributed by atoms with van der Waals surface area (Å²) in [5, 5.41) is 2.47. The fourth-order valence-electron chi connectivity index (χ4n) is 6.04. The molecule has 0 bridgehead atoms. The van der Waals surface area contributed by atoms with E-state index in [-0.39, 0.29) is 17.6 Å². The summed E-state index contributed by atoms with van der Waals surface area (Å²) in [5.74, 6) is -0.147. The summed E-state index contributed by atoms with van der Waals surface area (Å²) in [6.07, 6.45) is 6.07. The van der Waals surface area contributed by atoms with Crippen LogP contribution in [0.3, 0.4) is 0 Å². The van der Waals surface area contributed by atoms with Crippen molar-refractivity contribution in [3.8, 4) is 0 Å². The van der Waals surface area contributed by atoms with Crippen molar-refractivity contribution < 1.29 is 56.6 Å². The van der Waals surface area contributed by atoms with Crippen LogP contribution in [0.15, 0.2) is 60.7 Å². The third-order valence-electron chi connectivity index (χ3n) is 8.91. The van der Waals surface area contributed by atoms with Gasteiger partial charge in [0.25, 0.3) is 8.32 Å². The van der Waals surface area contributed by atoms with E-state index in [1.54, 1.807) is 0 Å². The van der Waals surface area contributed by atoms with Crippen molar-refractivity contribution in [2.75, 3.05) is 132 Å². The van der Waals surface area contributed by atoms with Crippen molar-refractivity contribution >= 4 is 24.7 Å². The lowest BCUT2D eigenvalue weighted by atomic mass is 10.1. The van der Waals surface area contributed by atoms with E-state index >= 15 is 0 Å². The van der Waals surface area contributed by atoms with Crippen LogP contribution in [0.1, 0.15) is 66.2 Å². The van der Waals surface area contributed by atoms with Gasteiger partial charge >= 0.3 is 5.97 Å². The summed E-state index contributed by atoms with van der Waals surface area (Å²) < 4.78 is 62.1. The first kappa shape index (κ1) is 50.9. The summed E-state index contributed by atoms with van der Waals surface area (Å²) in [4.78, 5) is 11.7. The van der Waals surface area contributed by atoms with Crippen LogP contribution in [0.25, 0.3) is 0 Å². The maximum atomic E-state index is 11.7. The molecule has 57 heavy (non-hydrogen) atoms. The molecule has 0 unspecified atom stereocenters. The Balaban J connectivity index is 1.29. The number of hydrogen-bond acceptors (Lipinski definition) is 12. The van der Waals surface area contributed by atoms with Gasteiger partial charge in [-0.25, -0.2) is 0 Å². The summed E-state index contributed by atoms with van der Waals surface area (Å²) in [6.45, 7) is 18.6. The Morgan fingerprint density at radius 1 is 0.439 bits per heavy atom. The zero-order valence-electron chi connectivity index (χ0n) is 35.6. The number of ether oxygens (including phenoxy) is 10. The Bertz CT molecular complexity index is 1150. The molecule has 0 amide bonds. The predicted molar refractivity (Wildman–Crippen MR) is 225 cm³/mol. The molecule has 0 fully saturated rings. The summed E-state index contributed by atoms with van der Waals surface area (Å²) in [6, 6.07) is 21.3. The molecule has 0 saturated heterocycles. The first-order valence-electron chi connectivity index (χ1n) is 21.0. The van der Waals surface area contributed by atoms with Crippen LogP contribution < -0.4 is 10.4 Å². The van der Waals surface area contributed by atoms with Gasteiger partial charge in [0.05, 0.1) is 126 Å². The van der Waals surface area contributed by atoms with E-state index in [0.29, 0.717) is 132 Å². The molecule has 0 aliphatic heterocycles. The molecule has 0 aromatic heterocycles. The van der Waals surface area contributed by atoms with Crippen LogP contribution in [-0.2, 0) is 56.6 Å². The van der Waals surface area contributed by atoms with Crippen molar-refractivity contribution in [1.29, 1.82) is 0 Å². The second-order valence-corrected chi connectivity index (χ2v) is 18.7. The number of unbranched alkanes of at least 4 members (excludes halogenated alkanes) is 4. The van der Waals surface area contributed by atoms with Crippen molar-refractivity contribution in [2.24, 2.45) is 0 Å². The first-order valence-corrected chi connectivity index (χ1v) is 22.9. The molecule has 2 rings (SSSR count). The van der Waals surface area contributed by atoms with E-state index in [1.807, 2.05) is 0 Å². The maximum absolute atomic E-state index is 11.7. The molecule has 0 N–H and O–H groups in total. The monoisotopic (exact) mass is 822 g/mol. The largest absolute Gasteiger partial charge is 0.463 e. The fraction of sp³-hybridized carbons (Fsp3) is 0.705. The van der Waals surface area contributed by atoms with Gasteiger partial charge in [-0.1, -0.05) is 114 Å². The molecular weight excluding hydrogens is 749 g/mol. The van der Waals surface area contributed by atoms with Crippen molar-refractivity contribution in [3.63, 3.8) is 0 Å². The Kier molecular flexibility index (Phi) is 30.9. The SMILES string of the molecule is CCCCCCCC(=O)OCCOCCOCCOCCOCCOCCOCCOCCOCCOCCO[Si](c1ccccc1)(c1ccccc1)C(C)(C)C. The van der Waals surface area contributed by atoms with Crippen LogP contribution in [0.2, 0.25) is 5.04 Å². The summed E-state index contributed by atoms with van der Waals surface area (Å²) >= 11 is 0. The maximum Gasteiger partial charge on any atom is 0.305 e. The molecule has 2 aromatic carbocycles. The van der Waals surface area contributed by atoms with Crippen LogP contribution in [0.5, 0.6) is 0 Å². The van der Waals surface area contributed by atoms with Crippen LogP contribution >= 0.6 is 0 Å². The van der Waals surface area contributed by atoms with Crippen LogP contribution in [0, 0.1) is 0 Å². The first-order chi connectivity index (χ1) is 27.9.